The maximum Gasteiger partial charge on any atom is 0.335 e. The second-order valence-corrected chi connectivity index (χ2v) is 13.7. The van der Waals surface area contributed by atoms with Crippen LogP contribution >= 0.6 is 0 Å². The summed E-state index contributed by atoms with van der Waals surface area (Å²) in [6.07, 6.45) is 11.3. The van der Waals surface area contributed by atoms with Crippen LogP contribution in [0.4, 0.5) is 0 Å². The third kappa shape index (κ3) is 9.23. The molecule has 0 bridgehead atoms. The van der Waals surface area contributed by atoms with Gasteiger partial charge in [0.25, 0.3) is 0 Å². The monoisotopic (exact) mass is 646 g/mol. The second kappa shape index (κ2) is 16.7. The van der Waals surface area contributed by atoms with E-state index in [0.29, 0.717) is 12.0 Å². The summed E-state index contributed by atoms with van der Waals surface area (Å²) in [4.78, 5) is 24.1. The number of carbonyl (C=O) groups is 2. The second-order valence-electron chi connectivity index (χ2n) is 13.7. The van der Waals surface area contributed by atoms with Crippen LogP contribution in [0.2, 0.25) is 0 Å². The van der Waals surface area contributed by atoms with Crippen molar-refractivity contribution in [3.63, 3.8) is 0 Å². The van der Waals surface area contributed by atoms with E-state index in [1.165, 1.54) is 66.8 Å². The summed E-state index contributed by atoms with van der Waals surface area (Å²) >= 11 is 0. The van der Waals surface area contributed by atoms with Gasteiger partial charge in [0, 0.05) is 11.5 Å². The van der Waals surface area contributed by atoms with E-state index in [4.69, 9.17) is 14.6 Å². The molecule has 4 aromatic carbocycles. The van der Waals surface area contributed by atoms with E-state index >= 15 is 0 Å². The first kappa shape index (κ1) is 35.1. The molecule has 0 radical (unpaired) electrons. The average Bonchev–Trinajstić information content (AvgIpc) is 3.11. The van der Waals surface area contributed by atoms with Crippen LogP contribution in [-0.4, -0.2) is 36.9 Å². The number of aliphatic hydroxyl groups is 1. The van der Waals surface area contributed by atoms with Gasteiger partial charge in [0.05, 0.1) is 25.4 Å². The van der Waals surface area contributed by atoms with Crippen molar-refractivity contribution in [1.82, 2.24) is 0 Å². The minimum Gasteiger partial charge on any atom is -0.462 e. The SMILES string of the molecule is C=C(C)C(=O)OCC(CCOC(=O)C(=C)CO)c1ccc2cc(-c3ccc4cc(CCC5CCC(CCC)CC5)ccc4c3)ccc2c1. The lowest BCUT2D eigenvalue weighted by molar-refractivity contribution is -0.142. The molecule has 0 aliphatic heterocycles. The molecule has 0 amide bonds. The van der Waals surface area contributed by atoms with Crippen LogP contribution < -0.4 is 0 Å². The number of aliphatic hydroxyl groups excluding tert-OH is 1. The minimum atomic E-state index is -0.634. The number of aryl methyl sites for hydroxylation is 1. The molecule has 1 N–H and O–H groups in total. The quantitative estimate of drug-likeness (QED) is 0.103. The molecular formula is C43H50O5. The van der Waals surface area contributed by atoms with Gasteiger partial charge < -0.3 is 14.6 Å². The third-order valence-electron chi connectivity index (χ3n) is 10.0. The Kier molecular flexibility index (Phi) is 12.2. The Balaban J connectivity index is 1.26. The summed E-state index contributed by atoms with van der Waals surface area (Å²) in [6, 6.07) is 26.4. The van der Waals surface area contributed by atoms with Crippen molar-refractivity contribution >= 4 is 33.5 Å². The Morgan fingerprint density at radius 1 is 0.771 bits per heavy atom. The Bertz CT molecular complexity index is 1760. The van der Waals surface area contributed by atoms with E-state index in [-0.39, 0.29) is 24.7 Å². The highest BCUT2D eigenvalue weighted by Crippen LogP contribution is 2.35. The molecule has 48 heavy (non-hydrogen) atoms. The molecule has 5 rings (SSSR count). The highest BCUT2D eigenvalue weighted by Gasteiger charge is 2.21. The first-order valence-electron chi connectivity index (χ1n) is 17.6. The normalized spacial score (nSPS) is 16.8. The Morgan fingerprint density at radius 3 is 1.98 bits per heavy atom. The number of hydrogen-bond acceptors (Lipinski definition) is 5. The highest BCUT2D eigenvalue weighted by molar-refractivity contribution is 5.92. The van der Waals surface area contributed by atoms with Crippen LogP contribution in [-0.2, 0) is 25.5 Å². The van der Waals surface area contributed by atoms with Crippen molar-refractivity contribution in [1.29, 1.82) is 0 Å². The maximum absolute atomic E-state index is 12.1. The van der Waals surface area contributed by atoms with Crippen LogP contribution in [0.1, 0.15) is 82.3 Å². The van der Waals surface area contributed by atoms with E-state index in [1.54, 1.807) is 6.92 Å². The zero-order chi connectivity index (χ0) is 34.0. The molecule has 0 saturated heterocycles. The molecule has 4 aromatic rings. The van der Waals surface area contributed by atoms with E-state index in [2.05, 4.69) is 86.8 Å². The number of benzene rings is 4. The molecule has 5 heteroatoms. The minimum absolute atomic E-state index is 0.00293. The van der Waals surface area contributed by atoms with Gasteiger partial charge in [0.15, 0.2) is 0 Å². The number of carbonyl (C=O) groups excluding carboxylic acids is 2. The van der Waals surface area contributed by atoms with Crippen molar-refractivity contribution in [2.45, 2.75) is 77.6 Å². The molecular weight excluding hydrogens is 596 g/mol. The molecule has 1 atom stereocenters. The highest BCUT2D eigenvalue weighted by atomic mass is 16.5. The Labute approximate surface area is 285 Å². The van der Waals surface area contributed by atoms with Crippen molar-refractivity contribution in [2.24, 2.45) is 11.8 Å². The van der Waals surface area contributed by atoms with E-state index in [1.807, 2.05) is 6.07 Å². The smallest absolute Gasteiger partial charge is 0.335 e. The molecule has 1 fully saturated rings. The van der Waals surface area contributed by atoms with Gasteiger partial charge in [-0.1, -0.05) is 119 Å². The van der Waals surface area contributed by atoms with Crippen LogP contribution in [0.25, 0.3) is 32.7 Å². The fourth-order valence-corrected chi connectivity index (χ4v) is 7.02. The third-order valence-corrected chi connectivity index (χ3v) is 10.0. The molecule has 0 aromatic heterocycles. The lowest BCUT2D eigenvalue weighted by atomic mass is 9.78. The van der Waals surface area contributed by atoms with Gasteiger partial charge >= 0.3 is 11.9 Å². The Morgan fingerprint density at radius 2 is 1.35 bits per heavy atom. The molecule has 1 aliphatic rings. The number of ether oxygens (including phenoxy) is 2. The molecule has 5 nitrogen and oxygen atoms in total. The first-order valence-corrected chi connectivity index (χ1v) is 17.6. The topological polar surface area (TPSA) is 72.8 Å². The van der Waals surface area contributed by atoms with Crippen molar-refractivity contribution in [3.8, 4) is 11.1 Å². The number of rotatable bonds is 15. The van der Waals surface area contributed by atoms with Crippen molar-refractivity contribution in [2.75, 3.05) is 19.8 Å². The summed E-state index contributed by atoms with van der Waals surface area (Å²) in [5, 5.41) is 13.9. The fraction of sp³-hybridized carbons (Fsp3) is 0.395. The maximum atomic E-state index is 12.1. The van der Waals surface area contributed by atoms with Crippen LogP contribution in [0.3, 0.4) is 0 Å². The van der Waals surface area contributed by atoms with Crippen molar-refractivity contribution < 1.29 is 24.2 Å². The molecule has 1 aliphatic carbocycles. The van der Waals surface area contributed by atoms with Gasteiger partial charge in [0.2, 0.25) is 0 Å². The van der Waals surface area contributed by atoms with Gasteiger partial charge in [0.1, 0.15) is 0 Å². The van der Waals surface area contributed by atoms with Gasteiger partial charge in [-0.15, -0.1) is 0 Å². The predicted octanol–water partition coefficient (Wildman–Crippen LogP) is 9.88. The van der Waals surface area contributed by atoms with Gasteiger partial charge in [-0.2, -0.15) is 0 Å². The summed E-state index contributed by atoms with van der Waals surface area (Å²) < 4.78 is 10.8. The van der Waals surface area contributed by atoms with Crippen LogP contribution in [0, 0.1) is 11.8 Å². The molecule has 0 heterocycles. The van der Waals surface area contributed by atoms with E-state index < -0.39 is 18.5 Å². The van der Waals surface area contributed by atoms with Crippen LogP contribution in [0.15, 0.2) is 97.1 Å². The van der Waals surface area contributed by atoms with Gasteiger partial charge in [-0.25, -0.2) is 9.59 Å². The Hall–Kier alpha value is -4.22. The van der Waals surface area contributed by atoms with E-state index in [9.17, 15) is 9.59 Å². The number of esters is 2. The average molecular weight is 647 g/mol. The first-order chi connectivity index (χ1) is 23.2. The summed E-state index contributed by atoms with van der Waals surface area (Å²) in [7, 11) is 0. The van der Waals surface area contributed by atoms with Gasteiger partial charge in [-0.3, -0.25) is 0 Å². The van der Waals surface area contributed by atoms with E-state index in [0.717, 1.165) is 40.2 Å². The zero-order valence-corrected chi connectivity index (χ0v) is 28.6. The van der Waals surface area contributed by atoms with Gasteiger partial charge in [-0.05, 0) is 94.0 Å². The molecule has 252 valence electrons. The standard InChI is InChI=1S/C43H50O5/c1-5-6-31-7-9-32(10-8-31)11-12-33-13-14-35-24-36(16-15-34(35)23-33)37-17-18-39-26-40(20-19-38(39)25-37)41(28-48-42(45)29(2)3)21-22-47-43(46)30(4)27-44/h13-20,23-26,31-32,41,44H,2,4-12,21-22,27-28H2,1,3H3. The summed E-state index contributed by atoms with van der Waals surface area (Å²) in [6.45, 7) is 10.9. The lowest BCUT2D eigenvalue weighted by Gasteiger charge is -2.28. The number of hydrogen-bond donors (Lipinski definition) is 1. The largest absolute Gasteiger partial charge is 0.462 e. The van der Waals surface area contributed by atoms with Crippen LogP contribution in [0.5, 0.6) is 0 Å². The lowest BCUT2D eigenvalue weighted by Crippen LogP contribution is -2.17. The number of fused-ring (bicyclic) bond motifs is 2. The molecule has 1 unspecified atom stereocenters. The molecule has 1 saturated carbocycles. The van der Waals surface area contributed by atoms with Crippen molar-refractivity contribution in [3.05, 3.63) is 108 Å². The predicted molar refractivity (Wildman–Crippen MR) is 196 cm³/mol. The fourth-order valence-electron chi connectivity index (χ4n) is 7.02. The zero-order valence-electron chi connectivity index (χ0n) is 28.6. The summed E-state index contributed by atoms with van der Waals surface area (Å²) in [5.41, 5.74) is 5.09. The molecule has 0 spiro atoms. The summed E-state index contributed by atoms with van der Waals surface area (Å²) in [5.74, 6) is 0.563.